The number of thiophene rings is 1. The number of carbonyl (C=O) groups excluding carboxylic acids is 1. The van der Waals surface area contributed by atoms with Gasteiger partial charge in [0.2, 0.25) is 11.9 Å². The minimum atomic E-state index is 0.0400. The summed E-state index contributed by atoms with van der Waals surface area (Å²) in [7, 11) is 0. The third-order valence-corrected chi connectivity index (χ3v) is 3.78. The van der Waals surface area contributed by atoms with Gasteiger partial charge in [-0.15, -0.1) is 11.3 Å². The van der Waals surface area contributed by atoms with Gasteiger partial charge in [0.1, 0.15) is 10.6 Å². The lowest BCUT2D eigenvalue weighted by Crippen LogP contribution is -2.48. The normalized spacial score (nSPS) is 15.6. The first-order chi connectivity index (χ1) is 9.28. The maximum absolute atomic E-state index is 11.5. The van der Waals surface area contributed by atoms with E-state index in [9.17, 15) is 4.79 Å². The number of piperazine rings is 1. The molecule has 1 amide bonds. The topological polar surface area (TPSA) is 70.2 Å². The van der Waals surface area contributed by atoms with Gasteiger partial charge < -0.3 is 15.5 Å². The number of fused-ring (bicyclic) bond motifs is 1. The van der Waals surface area contributed by atoms with Crippen LogP contribution >= 0.6 is 11.3 Å². The summed E-state index contributed by atoms with van der Waals surface area (Å²) in [5.41, 5.74) is 0. The van der Waals surface area contributed by atoms with Gasteiger partial charge in [-0.1, -0.05) is 0 Å². The molecule has 0 spiro atoms. The van der Waals surface area contributed by atoms with Gasteiger partial charge in [0.25, 0.3) is 0 Å². The van der Waals surface area contributed by atoms with Crippen molar-refractivity contribution in [2.45, 2.75) is 6.92 Å². The van der Waals surface area contributed by atoms with E-state index >= 15 is 0 Å². The second-order valence-corrected chi connectivity index (χ2v) is 5.21. The molecule has 7 heteroatoms. The van der Waals surface area contributed by atoms with Crippen molar-refractivity contribution in [3.63, 3.8) is 0 Å². The molecule has 0 aromatic carbocycles. The zero-order valence-corrected chi connectivity index (χ0v) is 11.5. The lowest BCUT2D eigenvalue weighted by atomic mass is 10.3. The quantitative estimate of drug-likeness (QED) is 0.878. The lowest BCUT2D eigenvalue weighted by Gasteiger charge is -2.28. The molecule has 2 aromatic heterocycles. The molecular formula is C12H15N5OS. The molecule has 0 radical (unpaired) electrons. The van der Waals surface area contributed by atoms with Crippen molar-refractivity contribution in [3.8, 4) is 0 Å². The number of rotatable bonds is 3. The predicted octanol–water partition coefficient (Wildman–Crippen LogP) is 1.06. The van der Waals surface area contributed by atoms with Crippen molar-refractivity contribution in [1.82, 2.24) is 15.3 Å². The Morgan fingerprint density at radius 1 is 1.53 bits per heavy atom. The summed E-state index contributed by atoms with van der Waals surface area (Å²) in [6, 6.07) is 2.01. The summed E-state index contributed by atoms with van der Waals surface area (Å²) in [5.74, 6) is 1.51. The molecule has 2 aromatic rings. The van der Waals surface area contributed by atoms with E-state index in [1.54, 1.807) is 11.3 Å². The average Bonchev–Trinajstić information content (AvgIpc) is 2.86. The van der Waals surface area contributed by atoms with Crippen LogP contribution in [0, 0.1) is 0 Å². The van der Waals surface area contributed by atoms with Crippen LogP contribution < -0.4 is 15.5 Å². The van der Waals surface area contributed by atoms with Gasteiger partial charge in [0.15, 0.2) is 0 Å². The van der Waals surface area contributed by atoms with E-state index in [1.165, 1.54) is 0 Å². The summed E-state index contributed by atoms with van der Waals surface area (Å²) in [5, 5.41) is 8.98. The zero-order valence-electron chi connectivity index (χ0n) is 10.6. The Morgan fingerprint density at radius 2 is 2.42 bits per heavy atom. The van der Waals surface area contributed by atoms with E-state index in [-0.39, 0.29) is 5.91 Å². The third-order valence-electron chi connectivity index (χ3n) is 2.98. The first kappa shape index (κ1) is 12.2. The van der Waals surface area contributed by atoms with Crippen molar-refractivity contribution in [1.29, 1.82) is 0 Å². The Balaban J connectivity index is 2.04. The van der Waals surface area contributed by atoms with Crippen LogP contribution in [0.15, 0.2) is 11.4 Å². The highest BCUT2D eigenvalue weighted by atomic mass is 32.1. The standard InChI is InChI=1S/C12H15N5OS/c1-2-13-12-15-10(8-3-6-19-11(8)16-12)17-5-4-14-9(18)7-17/h3,6H,2,4-5,7H2,1H3,(H,14,18)(H,13,15,16). The van der Waals surface area contributed by atoms with Gasteiger partial charge in [-0.3, -0.25) is 4.79 Å². The fourth-order valence-corrected chi connectivity index (χ4v) is 2.90. The monoisotopic (exact) mass is 277 g/mol. The van der Waals surface area contributed by atoms with E-state index in [1.807, 2.05) is 23.3 Å². The molecule has 1 aliphatic heterocycles. The highest BCUT2D eigenvalue weighted by Crippen LogP contribution is 2.29. The van der Waals surface area contributed by atoms with Crippen LogP contribution in [0.5, 0.6) is 0 Å². The van der Waals surface area contributed by atoms with Crippen molar-refractivity contribution < 1.29 is 4.79 Å². The number of hydrogen-bond acceptors (Lipinski definition) is 6. The predicted molar refractivity (Wildman–Crippen MR) is 76.8 cm³/mol. The second kappa shape index (κ2) is 5.00. The Labute approximate surface area is 114 Å². The third kappa shape index (κ3) is 2.33. The molecule has 1 aliphatic rings. The fourth-order valence-electron chi connectivity index (χ4n) is 2.14. The number of hydrogen-bond donors (Lipinski definition) is 2. The lowest BCUT2D eigenvalue weighted by molar-refractivity contribution is -0.120. The Morgan fingerprint density at radius 3 is 3.21 bits per heavy atom. The Hall–Kier alpha value is -1.89. The van der Waals surface area contributed by atoms with Crippen LogP contribution in [0.1, 0.15) is 6.92 Å². The van der Waals surface area contributed by atoms with Gasteiger partial charge in [0, 0.05) is 19.6 Å². The number of nitrogens with one attached hydrogen (secondary N) is 2. The number of anilines is 2. The molecule has 0 aliphatic carbocycles. The van der Waals surface area contributed by atoms with Crippen LogP contribution in [-0.4, -0.2) is 42.1 Å². The molecule has 19 heavy (non-hydrogen) atoms. The molecule has 1 fully saturated rings. The van der Waals surface area contributed by atoms with Crippen molar-refractivity contribution in [2.75, 3.05) is 36.4 Å². The van der Waals surface area contributed by atoms with Crippen LogP contribution in [0.25, 0.3) is 10.2 Å². The van der Waals surface area contributed by atoms with Crippen LogP contribution in [0.4, 0.5) is 11.8 Å². The minimum Gasteiger partial charge on any atom is -0.354 e. The second-order valence-electron chi connectivity index (χ2n) is 4.31. The molecular weight excluding hydrogens is 262 g/mol. The maximum atomic E-state index is 11.5. The Bertz CT molecular complexity index is 611. The number of amides is 1. The van der Waals surface area contributed by atoms with Crippen LogP contribution in [-0.2, 0) is 4.79 Å². The van der Waals surface area contributed by atoms with Crippen LogP contribution in [0.2, 0.25) is 0 Å². The first-order valence-electron chi connectivity index (χ1n) is 6.28. The summed E-state index contributed by atoms with van der Waals surface area (Å²) in [6.07, 6.45) is 0. The molecule has 1 saturated heterocycles. The molecule has 2 N–H and O–H groups in total. The smallest absolute Gasteiger partial charge is 0.239 e. The highest BCUT2D eigenvalue weighted by molar-refractivity contribution is 7.16. The molecule has 6 nitrogen and oxygen atoms in total. The number of carbonyl (C=O) groups is 1. The molecule has 100 valence electrons. The highest BCUT2D eigenvalue weighted by Gasteiger charge is 2.21. The Kier molecular flexibility index (Phi) is 3.20. The van der Waals surface area contributed by atoms with E-state index in [2.05, 4.69) is 20.6 Å². The summed E-state index contributed by atoms with van der Waals surface area (Å²) in [4.78, 5) is 23.5. The van der Waals surface area contributed by atoms with E-state index in [4.69, 9.17) is 0 Å². The van der Waals surface area contributed by atoms with Gasteiger partial charge in [-0.25, -0.2) is 4.98 Å². The first-order valence-corrected chi connectivity index (χ1v) is 7.16. The van der Waals surface area contributed by atoms with Crippen molar-refractivity contribution >= 4 is 39.2 Å². The van der Waals surface area contributed by atoms with Gasteiger partial charge >= 0.3 is 0 Å². The van der Waals surface area contributed by atoms with E-state index in [0.29, 0.717) is 19.0 Å². The van der Waals surface area contributed by atoms with Gasteiger partial charge in [-0.05, 0) is 18.4 Å². The van der Waals surface area contributed by atoms with E-state index < -0.39 is 0 Å². The van der Waals surface area contributed by atoms with Gasteiger partial charge in [-0.2, -0.15) is 4.98 Å². The molecule has 0 bridgehead atoms. The zero-order chi connectivity index (χ0) is 13.2. The van der Waals surface area contributed by atoms with E-state index in [0.717, 1.165) is 29.1 Å². The minimum absolute atomic E-state index is 0.0400. The molecule has 3 rings (SSSR count). The SMILES string of the molecule is CCNc1nc(N2CCNC(=O)C2)c2ccsc2n1. The molecule has 0 atom stereocenters. The largest absolute Gasteiger partial charge is 0.354 e. The summed E-state index contributed by atoms with van der Waals surface area (Å²) < 4.78 is 0. The van der Waals surface area contributed by atoms with Crippen molar-refractivity contribution in [3.05, 3.63) is 11.4 Å². The van der Waals surface area contributed by atoms with Gasteiger partial charge in [0.05, 0.1) is 11.9 Å². The molecule has 0 unspecified atom stereocenters. The summed E-state index contributed by atoms with van der Waals surface area (Å²) >= 11 is 1.59. The average molecular weight is 277 g/mol. The van der Waals surface area contributed by atoms with Crippen LogP contribution in [0.3, 0.4) is 0 Å². The molecule has 0 saturated carbocycles. The fraction of sp³-hybridized carbons (Fsp3) is 0.417. The number of aromatic nitrogens is 2. The number of nitrogens with zero attached hydrogens (tertiary/aromatic N) is 3. The maximum Gasteiger partial charge on any atom is 0.239 e. The van der Waals surface area contributed by atoms with Crippen molar-refractivity contribution in [2.24, 2.45) is 0 Å². The summed E-state index contributed by atoms with van der Waals surface area (Å²) in [6.45, 7) is 4.57. The molecule has 3 heterocycles.